The number of aliphatic hydroxyl groups is 1. The van der Waals surface area contributed by atoms with Crippen LogP contribution in [0.3, 0.4) is 0 Å². The molecule has 0 aromatic carbocycles. The summed E-state index contributed by atoms with van der Waals surface area (Å²) in [7, 11) is 0. The molecule has 0 bridgehead atoms. The lowest BCUT2D eigenvalue weighted by Crippen LogP contribution is -2.35. The van der Waals surface area contributed by atoms with Gasteiger partial charge < -0.3 is 20.5 Å². The minimum Gasteiger partial charge on any atom is -0.396 e. The predicted octanol–water partition coefficient (Wildman–Crippen LogP) is 2.27. The number of aromatic nitrogens is 2. The Morgan fingerprint density at radius 2 is 2.42 bits per heavy atom. The second-order valence-electron chi connectivity index (χ2n) is 4.61. The van der Waals surface area contributed by atoms with E-state index < -0.39 is 10.5 Å². The number of nitro groups is 1. The molecule has 0 aliphatic carbocycles. The van der Waals surface area contributed by atoms with E-state index in [1.54, 1.807) is 11.6 Å². The molecule has 0 fully saturated rings. The number of aliphatic hydroxyl groups excluding tert-OH is 1. The van der Waals surface area contributed by atoms with Crippen LogP contribution in [0.5, 0.6) is 0 Å². The normalized spacial score (nSPS) is 14.5. The number of hydrogen-bond donors (Lipinski definition) is 2. The fraction of sp³-hybridized carbons (Fsp3) is 0.545. The zero-order valence-corrected chi connectivity index (χ0v) is 11.6. The van der Waals surface area contributed by atoms with Gasteiger partial charge in [-0.1, -0.05) is 18.3 Å². The first-order valence-electron chi connectivity index (χ1n) is 5.99. The molecule has 0 aliphatic heterocycles. The topological polar surface area (TPSA) is 92.7 Å². The maximum absolute atomic E-state index is 11.2. The van der Waals surface area contributed by atoms with Crippen LogP contribution >= 0.6 is 11.3 Å². The summed E-state index contributed by atoms with van der Waals surface area (Å²) in [6.45, 7) is 3.90. The average Bonchev–Trinajstić information content (AvgIpc) is 2.88. The Kier molecular flexibility index (Phi) is 3.72. The Labute approximate surface area is 114 Å². The van der Waals surface area contributed by atoms with E-state index in [-0.39, 0.29) is 18.2 Å². The number of fused-ring (bicyclic) bond motifs is 1. The summed E-state index contributed by atoms with van der Waals surface area (Å²) in [5.74, 6) is 0.198. The van der Waals surface area contributed by atoms with Crippen molar-refractivity contribution in [2.75, 3.05) is 11.9 Å². The quantitative estimate of drug-likeness (QED) is 0.627. The summed E-state index contributed by atoms with van der Waals surface area (Å²) in [5.41, 5.74) is -0.413. The van der Waals surface area contributed by atoms with E-state index in [1.807, 2.05) is 13.8 Å². The van der Waals surface area contributed by atoms with E-state index in [9.17, 15) is 10.1 Å². The molecule has 0 aliphatic rings. The van der Waals surface area contributed by atoms with Gasteiger partial charge in [0.25, 0.3) is 4.96 Å². The molecule has 104 valence electrons. The third-order valence-electron chi connectivity index (χ3n) is 3.27. The zero-order valence-electron chi connectivity index (χ0n) is 10.8. The maximum Gasteiger partial charge on any atom is 0.372 e. The number of nitrogens with one attached hydrogen (secondary N) is 1. The van der Waals surface area contributed by atoms with Gasteiger partial charge in [0.05, 0.1) is 0 Å². The summed E-state index contributed by atoms with van der Waals surface area (Å²) < 4.78 is 1.46. The summed E-state index contributed by atoms with van der Waals surface area (Å²) in [4.78, 5) is 15.6. The van der Waals surface area contributed by atoms with Crippen molar-refractivity contribution in [2.45, 2.75) is 32.2 Å². The van der Waals surface area contributed by atoms with Gasteiger partial charge in [0.2, 0.25) is 5.82 Å². The highest BCUT2D eigenvalue weighted by atomic mass is 32.1. The third kappa shape index (κ3) is 2.54. The van der Waals surface area contributed by atoms with Gasteiger partial charge in [0.1, 0.15) is 6.20 Å². The molecular weight excluding hydrogens is 268 g/mol. The fourth-order valence-electron chi connectivity index (χ4n) is 1.89. The van der Waals surface area contributed by atoms with E-state index in [0.717, 1.165) is 6.42 Å². The highest BCUT2D eigenvalue weighted by Crippen LogP contribution is 2.31. The average molecular weight is 284 g/mol. The first-order valence-corrected chi connectivity index (χ1v) is 6.87. The van der Waals surface area contributed by atoms with Crippen molar-refractivity contribution in [3.8, 4) is 0 Å². The molecule has 0 spiro atoms. The van der Waals surface area contributed by atoms with Crippen LogP contribution in [0.1, 0.15) is 26.7 Å². The second kappa shape index (κ2) is 5.14. The molecule has 0 saturated carbocycles. The van der Waals surface area contributed by atoms with Crippen molar-refractivity contribution in [1.29, 1.82) is 0 Å². The van der Waals surface area contributed by atoms with Gasteiger partial charge in [-0.15, -0.1) is 0 Å². The molecule has 2 rings (SSSR count). The Balaban J connectivity index is 2.41. The van der Waals surface area contributed by atoms with E-state index in [0.29, 0.717) is 11.4 Å². The molecule has 0 radical (unpaired) electrons. The minimum atomic E-state index is -0.440. The van der Waals surface area contributed by atoms with Gasteiger partial charge in [-0.3, -0.25) is 0 Å². The van der Waals surface area contributed by atoms with E-state index in [1.165, 1.54) is 15.7 Å². The summed E-state index contributed by atoms with van der Waals surface area (Å²) >= 11 is 1.34. The molecule has 8 heteroatoms. The lowest BCUT2D eigenvalue weighted by molar-refractivity contribution is -0.389. The van der Waals surface area contributed by atoms with E-state index >= 15 is 0 Å². The second-order valence-corrected chi connectivity index (χ2v) is 5.48. The Morgan fingerprint density at radius 1 is 1.68 bits per heavy atom. The van der Waals surface area contributed by atoms with Crippen LogP contribution in [0.15, 0.2) is 11.6 Å². The molecule has 2 N–H and O–H groups in total. The van der Waals surface area contributed by atoms with Crippen molar-refractivity contribution in [3.63, 3.8) is 0 Å². The Hall–Kier alpha value is -1.67. The maximum atomic E-state index is 11.2. The lowest BCUT2D eigenvalue weighted by Gasteiger charge is -2.28. The first kappa shape index (κ1) is 13.8. The van der Waals surface area contributed by atoms with Crippen molar-refractivity contribution in [1.82, 2.24) is 9.38 Å². The smallest absolute Gasteiger partial charge is 0.372 e. The van der Waals surface area contributed by atoms with Gasteiger partial charge in [0.15, 0.2) is 0 Å². The number of imidazole rings is 1. The molecule has 0 saturated heterocycles. The largest absolute Gasteiger partial charge is 0.396 e. The van der Waals surface area contributed by atoms with Crippen LogP contribution in [-0.2, 0) is 0 Å². The number of anilines is 1. The van der Waals surface area contributed by atoms with Crippen LogP contribution in [0, 0.1) is 10.1 Å². The van der Waals surface area contributed by atoms with Gasteiger partial charge in [-0.2, -0.15) is 9.38 Å². The van der Waals surface area contributed by atoms with E-state index in [2.05, 4.69) is 10.3 Å². The number of thiazole rings is 1. The highest BCUT2D eigenvalue weighted by Gasteiger charge is 2.29. The zero-order chi connectivity index (χ0) is 14.0. The van der Waals surface area contributed by atoms with Crippen molar-refractivity contribution >= 4 is 27.9 Å². The molecular formula is C11H16N4O3S. The van der Waals surface area contributed by atoms with Crippen molar-refractivity contribution < 1.29 is 10.0 Å². The van der Waals surface area contributed by atoms with Crippen LogP contribution < -0.4 is 5.32 Å². The molecule has 0 amide bonds. The standard InChI is InChI=1S/C11H16N4O3S/c1-3-11(2,4-6-16)13-8-9(15(17)18)14-5-7-19-10(14)12-8/h5,7,13,16H,3-4,6H2,1-2H3. The number of hydrogen-bond acceptors (Lipinski definition) is 6. The highest BCUT2D eigenvalue weighted by molar-refractivity contribution is 7.15. The molecule has 2 aromatic heterocycles. The number of nitrogens with zero attached hydrogens (tertiary/aromatic N) is 3. The van der Waals surface area contributed by atoms with Crippen LogP contribution in [-0.4, -0.2) is 31.6 Å². The van der Waals surface area contributed by atoms with Crippen molar-refractivity contribution in [3.05, 3.63) is 21.7 Å². The van der Waals surface area contributed by atoms with Crippen LogP contribution in [0.4, 0.5) is 11.6 Å². The summed E-state index contributed by atoms with van der Waals surface area (Å²) in [5, 5.41) is 25.1. The first-order chi connectivity index (χ1) is 9.00. The van der Waals surface area contributed by atoms with Gasteiger partial charge >= 0.3 is 5.82 Å². The Bertz CT molecular complexity index is 594. The van der Waals surface area contributed by atoms with E-state index in [4.69, 9.17) is 5.11 Å². The molecule has 1 unspecified atom stereocenters. The fourth-order valence-corrected chi connectivity index (χ4v) is 2.60. The van der Waals surface area contributed by atoms with Crippen molar-refractivity contribution in [2.24, 2.45) is 0 Å². The van der Waals surface area contributed by atoms with Crippen LogP contribution in [0.2, 0.25) is 0 Å². The van der Waals surface area contributed by atoms with Crippen LogP contribution in [0.25, 0.3) is 4.96 Å². The summed E-state index contributed by atoms with van der Waals surface area (Å²) in [6.07, 6.45) is 2.87. The summed E-state index contributed by atoms with van der Waals surface area (Å²) in [6, 6.07) is 0. The lowest BCUT2D eigenvalue weighted by atomic mass is 9.95. The molecule has 7 nitrogen and oxygen atoms in total. The van der Waals surface area contributed by atoms with Gasteiger partial charge in [-0.25, -0.2) is 0 Å². The molecule has 1 atom stereocenters. The SMILES string of the molecule is CCC(C)(CCO)Nc1nc2sccn2c1[N+](=O)[O-]. The third-order valence-corrected chi connectivity index (χ3v) is 4.03. The molecule has 2 heterocycles. The van der Waals surface area contributed by atoms with Gasteiger partial charge in [-0.05, 0) is 24.7 Å². The minimum absolute atomic E-state index is 0.0212. The molecule has 2 aromatic rings. The molecule has 19 heavy (non-hydrogen) atoms. The van der Waals surface area contributed by atoms with Gasteiger partial charge in [0, 0.05) is 17.5 Å². The predicted molar refractivity (Wildman–Crippen MR) is 73.7 cm³/mol. The Morgan fingerprint density at radius 3 is 3.00 bits per heavy atom. The number of rotatable bonds is 6. The monoisotopic (exact) mass is 284 g/mol.